The number of carbonyl (C=O) groups excluding carboxylic acids is 1. The summed E-state index contributed by atoms with van der Waals surface area (Å²) in [6.07, 6.45) is 3.64. The maximum absolute atomic E-state index is 13.4. The second-order valence-electron chi connectivity index (χ2n) is 8.01. The van der Waals surface area contributed by atoms with Crippen molar-refractivity contribution in [3.63, 3.8) is 0 Å². The third-order valence-electron chi connectivity index (χ3n) is 5.65. The molecule has 0 aliphatic carbocycles. The van der Waals surface area contributed by atoms with E-state index in [4.69, 9.17) is 26.8 Å². The van der Waals surface area contributed by atoms with Crippen molar-refractivity contribution in [1.82, 2.24) is 24.7 Å². The van der Waals surface area contributed by atoms with Crippen molar-refractivity contribution in [2.75, 3.05) is 18.9 Å². The third kappa shape index (κ3) is 6.02. The molecule has 2 atom stereocenters. The summed E-state index contributed by atoms with van der Waals surface area (Å²) in [4.78, 5) is 19.5. The fourth-order valence-corrected chi connectivity index (χ4v) is 4.84. The van der Waals surface area contributed by atoms with Crippen LogP contribution in [0.5, 0.6) is 11.5 Å². The standard InChI is InChI=1S/C22H28ClN7O5S/c1-13(21-25-11-15(23)12-26-21)14(2)36(32,33)29-22-28-27-19(10-6-9-18(24)31)30(22)20-16(34-3)7-5-8-17(20)35-4/h5,7-8,11-14H,6,9-10H2,1-4H3,(H2,24,31)(H,28,29)/t13-,14?/m0/s1. The molecular formula is C22H28ClN7O5S. The second kappa shape index (κ2) is 11.5. The first kappa shape index (κ1) is 27.1. The number of carbonyl (C=O) groups is 1. The number of rotatable bonds is 12. The van der Waals surface area contributed by atoms with E-state index in [9.17, 15) is 13.2 Å². The van der Waals surface area contributed by atoms with Crippen LogP contribution in [-0.2, 0) is 21.2 Å². The number of benzene rings is 1. The monoisotopic (exact) mass is 537 g/mol. The summed E-state index contributed by atoms with van der Waals surface area (Å²) < 4.78 is 41.9. The average Bonchev–Trinajstić information content (AvgIpc) is 3.23. The van der Waals surface area contributed by atoms with E-state index in [1.807, 2.05) is 0 Å². The van der Waals surface area contributed by atoms with Gasteiger partial charge in [-0.1, -0.05) is 24.6 Å². The maximum Gasteiger partial charge on any atom is 0.243 e. The number of ether oxygens (including phenoxy) is 2. The van der Waals surface area contributed by atoms with Gasteiger partial charge in [-0.15, -0.1) is 10.2 Å². The molecule has 3 rings (SSSR count). The lowest BCUT2D eigenvalue weighted by Crippen LogP contribution is -2.31. The average molecular weight is 538 g/mol. The summed E-state index contributed by atoms with van der Waals surface area (Å²) in [5, 5.41) is 7.69. The highest BCUT2D eigenvalue weighted by atomic mass is 35.5. The highest BCUT2D eigenvalue weighted by Crippen LogP contribution is 2.36. The molecule has 0 fully saturated rings. The van der Waals surface area contributed by atoms with Gasteiger partial charge in [0.15, 0.2) is 0 Å². The van der Waals surface area contributed by atoms with Gasteiger partial charge < -0.3 is 15.2 Å². The van der Waals surface area contributed by atoms with E-state index in [0.29, 0.717) is 46.7 Å². The lowest BCUT2D eigenvalue weighted by atomic mass is 10.1. The molecule has 1 aromatic carbocycles. The van der Waals surface area contributed by atoms with Crippen LogP contribution in [-0.4, -0.2) is 58.5 Å². The largest absolute Gasteiger partial charge is 0.494 e. The van der Waals surface area contributed by atoms with E-state index in [1.165, 1.54) is 31.2 Å². The van der Waals surface area contributed by atoms with Crippen molar-refractivity contribution in [3.05, 3.63) is 47.3 Å². The Labute approximate surface area is 214 Å². The molecule has 0 saturated carbocycles. The Balaban J connectivity index is 2.03. The first-order chi connectivity index (χ1) is 17.1. The number of halogens is 1. The zero-order chi connectivity index (χ0) is 26.5. The maximum atomic E-state index is 13.4. The van der Waals surface area contributed by atoms with Crippen LogP contribution in [0.4, 0.5) is 5.95 Å². The van der Waals surface area contributed by atoms with Gasteiger partial charge in [-0.2, -0.15) is 0 Å². The van der Waals surface area contributed by atoms with Gasteiger partial charge in [-0.3, -0.25) is 14.1 Å². The molecule has 0 bridgehead atoms. The van der Waals surface area contributed by atoms with Crippen LogP contribution in [0, 0.1) is 0 Å². The number of anilines is 1. The Morgan fingerprint density at radius 3 is 2.31 bits per heavy atom. The van der Waals surface area contributed by atoms with E-state index >= 15 is 0 Å². The Kier molecular flexibility index (Phi) is 8.69. The number of sulfonamides is 1. The van der Waals surface area contributed by atoms with E-state index in [2.05, 4.69) is 24.9 Å². The van der Waals surface area contributed by atoms with Crippen LogP contribution in [0.1, 0.15) is 44.3 Å². The zero-order valence-corrected chi connectivity index (χ0v) is 21.9. The fraction of sp³-hybridized carbons (Fsp3) is 0.409. The number of hydrogen-bond donors (Lipinski definition) is 2. The van der Waals surface area contributed by atoms with Gasteiger partial charge in [0.05, 0.1) is 24.5 Å². The third-order valence-corrected chi connectivity index (χ3v) is 7.70. The Bertz CT molecular complexity index is 1290. The number of nitrogens with one attached hydrogen (secondary N) is 1. The van der Waals surface area contributed by atoms with Crippen molar-refractivity contribution < 1.29 is 22.7 Å². The molecular weight excluding hydrogens is 510 g/mol. The zero-order valence-electron chi connectivity index (χ0n) is 20.3. The molecule has 0 radical (unpaired) electrons. The molecule has 36 heavy (non-hydrogen) atoms. The highest BCUT2D eigenvalue weighted by Gasteiger charge is 2.32. The minimum absolute atomic E-state index is 0.0667. The molecule has 1 unspecified atom stereocenters. The fourth-order valence-electron chi connectivity index (χ4n) is 3.51. The minimum Gasteiger partial charge on any atom is -0.494 e. The van der Waals surface area contributed by atoms with Crippen molar-refractivity contribution in [3.8, 4) is 17.2 Å². The normalized spacial score (nSPS) is 13.1. The van der Waals surface area contributed by atoms with E-state index in [1.54, 1.807) is 32.0 Å². The predicted molar refractivity (Wildman–Crippen MR) is 134 cm³/mol. The number of methoxy groups -OCH3 is 2. The summed E-state index contributed by atoms with van der Waals surface area (Å²) in [5.41, 5.74) is 5.68. The number of nitrogens with two attached hydrogens (primary N) is 1. The van der Waals surface area contributed by atoms with Crippen LogP contribution in [0.3, 0.4) is 0 Å². The summed E-state index contributed by atoms with van der Waals surface area (Å²) in [6.45, 7) is 3.25. The van der Waals surface area contributed by atoms with Crippen molar-refractivity contribution in [2.45, 2.75) is 44.3 Å². The summed E-state index contributed by atoms with van der Waals surface area (Å²) in [6, 6.07) is 5.13. The van der Waals surface area contributed by atoms with Gasteiger partial charge in [0, 0.05) is 31.2 Å². The summed E-state index contributed by atoms with van der Waals surface area (Å²) in [7, 11) is -1.04. The molecule has 2 aromatic heterocycles. The van der Waals surface area contributed by atoms with Gasteiger partial charge in [-0.05, 0) is 25.5 Å². The molecule has 12 nitrogen and oxygen atoms in total. The first-order valence-electron chi connectivity index (χ1n) is 11.0. The lowest BCUT2D eigenvalue weighted by molar-refractivity contribution is -0.118. The van der Waals surface area contributed by atoms with Crippen LogP contribution < -0.4 is 19.9 Å². The summed E-state index contributed by atoms with van der Waals surface area (Å²) >= 11 is 5.85. The number of hydrogen-bond acceptors (Lipinski definition) is 9. The number of aromatic nitrogens is 5. The van der Waals surface area contributed by atoms with Gasteiger partial charge in [0.25, 0.3) is 0 Å². The Morgan fingerprint density at radius 2 is 1.75 bits per heavy atom. The van der Waals surface area contributed by atoms with Crippen LogP contribution in [0.2, 0.25) is 5.02 Å². The number of para-hydroxylation sites is 1. The van der Waals surface area contributed by atoms with Gasteiger partial charge >= 0.3 is 0 Å². The van der Waals surface area contributed by atoms with E-state index in [0.717, 1.165) is 0 Å². The molecule has 2 heterocycles. The molecule has 1 amide bonds. The minimum atomic E-state index is -4.00. The molecule has 0 aliphatic heterocycles. The smallest absolute Gasteiger partial charge is 0.243 e. The first-order valence-corrected chi connectivity index (χ1v) is 12.9. The SMILES string of the molecule is COc1cccc(OC)c1-n1c(CCCC(N)=O)nnc1NS(=O)(=O)C(C)[C@H](C)c1ncc(Cl)cn1. The van der Waals surface area contributed by atoms with Crippen LogP contribution >= 0.6 is 11.6 Å². The number of primary amides is 1. The number of nitrogens with zero attached hydrogens (tertiary/aromatic N) is 5. The molecule has 3 aromatic rings. The molecule has 3 N–H and O–H groups in total. The van der Waals surface area contributed by atoms with Gasteiger partial charge in [-0.25, -0.2) is 18.4 Å². The topological polar surface area (TPSA) is 164 Å². The quantitative estimate of drug-likeness (QED) is 0.353. The molecule has 0 spiro atoms. The van der Waals surface area contributed by atoms with Gasteiger partial charge in [0.2, 0.25) is 21.9 Å². The van der Waals surface area contributed by atoms with E-state index < -0.39 is 27.1 Å². The van der Waals surface area contributed by atoms with Crippen molar-refractivity contribution in [2.24, 2.45) is 5.73 Å². The Morgan fingerprint density at radius 1 is 1.14 bits per heavy atom. The molecule has 0 aliphatic rings. The van der Waals surface area contributed by atoms with Crippen molar-refractivity contribution >= 4 is 33.5 Å². The lowest BCUT2D eigenvalue weighted by Gasteiger charge is -2.21. The Hall–Kier alpha value is -3.45. The summed E-state index contributed by atoms with van der Waals surface area (Å²) in [5.74, 6) is 0.443. The molecule has 194 valence electrons. The number of aryl methyl sites for hydroxylation is 1. The molecule has 14 heteroatoms. The van der Waals surface area contributed by atoms with Crippen molar-refractivity contribution in [1.29, 1.82) is 0 Å². The highest BCUT2D eigenvalue weighted by molar-refractivity contribution is 7.93. The second-order valence-corrected chi connectivity index (χ2v) is 10.5. The number of amides is 1. The van der Waals surface area contributed by atoms with Crippen LogP contribution in [0.15, 0.2) is 30.6 Å². The van der Waals surface area contributed by atoms with E-state index in [-0.39, 0.29) is 12.4 Å². The van der Waals surface area contributed by atoms with Gasteiger partial charge in [0.1, 0.15) is 28.8 Å². The predicted octanol–water partition coefficient (Wildman–Crippen LogP) is 2.47. The molecule has 0 saturated heterocycles. The van der Waals surface area contributed by atoms with Crippen LogP contribution in [0.25, 0.3) is 5.69 Å².